The summed E-state index contributed by atoms with van der Waals surface area (Å²) < 4.78 is 23.2. The number of morpholine rings is 2. The fourth-order valence-electron chi connectivity index (χ4n) is 4.06. The van der Waals surface area contributed by atoms with Crippen LogP contribution in [0.5, 0.6) is 0 Å². The smallest absolute Gasteiger partial charge is 0.0707 e. The standard InChI is InChI=1S/C20H40N2O4/c1-16(24-11-9-21-12-17(2)25-18(3)13-21)6-7-20-15-22(8-10-23-5)14-19(4)26-20/h16-20H,6-15H2,1-5H3/t16?,17-,18+,19?,20?. The highest BCUT2D eigenvalue weighted by Gasteiger charge is 2.25. The lowest BCUT2D eigenvalue weighted by Crippen LogP contribution is -2.47. The first kappa shape index (κ1) is 22.1. The first-order chi connectivity index (χ1) is 12.5. The van der Waals surface area contributed by atoms with Gasteiger partial charge in [-0.25, -0.2) is 0 Å². The van der Waals surface area contributed by atoms with Crippen molar-refractivity contribution in [3.05, 3.63) is 0 Å². The topological polar surface area (TPSA) is 43.4 Å². The van der Waals surface area contributed by atoms with Gasteiger partial charge in [-0.2, -0.15) is 0 Å². The average Bonchev–Trinajstić information content (AvgIpc) is 2.57. The van der Waals surface area contributed by atoms with Crippen molar-refractivity contribution in [1.82, 2.24) is 9.80 Å². The molecule has 0 bridgehead atoms. The van der Waals surface area contributed by atoms with E-state index < -0.39 is 0 Å². The average molecular weight is 373 g/mol. The molecule has 0 aromatic heterocycles. The lowest BCUT2D eigenvalue weighted by molar-refractivity contribution is -0.0901. The molecule has 0 spiro atoms. The summed E-state index contributed by atoms with van der Waals surface area (Å²) in [6, 6.07) is 0. The van der Waals surface area contributed by atoms with Crippen LogP contribution in [0.2, 0.25) is 0 Å². The molecule has 154 valence electrons. The van der Waals surface area contributed by atoms with Gasteiger partial charge >= 0.3 is 0 Å². The van der Waals surface area contributed by atoms with Crippen molar-refractivity contribution in [3.8, 4) is 0 Å². The van der Waals surface area contributed by atoms with Crippen molar-refractivity contribution in [2.75, 3.05) is 59.6 Å². The molecule has 5 atom stereocenters. The Morgan fingerprint density at radius 2 is 1.46 bits per heavy atom. The lowest BCUT2D eigenvalue weighted by Gasteiger charge is -2.37. The van der Waals surface area contributed by atoms with Crippen LogP contribution in [0.3, 0.4) is 0 Å². The molecular formula is C20H40N2O4. The van der Waals surface area contributed by atoms with Gasteiger partial charge < -0.3 is 18.9 Å². The molecule has 2 fully saturated rings. The Hall–Kier alpha value is -0.240. The minimum atomic E-state index is 0.277. The second-order valence-corrected chi connectivity index (χ2v) is 8.10. The van der Waals surface area contributed by atoms with E-state index in [0.717, 1.165) is 65.3 Å². The van der Waals surface area contributed by atoms with E-state index >= 15 is 0 Å². The number of rotatable bonds is 10. The third-order valence-electron chi connectivity index (χ3n) is 5.21. The van der Waals surface area contributed by atoms with Gasteiger partial charge in [0.15, 0.2) is 0 Å². The molecule has 0 saturated carbocycles. The maximum absolute atomic E-state index is 6.11. The second-order valence-electron chi connectivity index (χ2n) is 8.10. The molecule has 0 amide bonds. The monoisotopic (exact) mass is 372 g/mol. The molecule has 0 radical (unpaired) electrons. The summed E-state index contributed by atoms with van der Waals surface area (Å²) in [7, 11) is 1.76. The predicted molar refractivity (Wildman–Crippen MR) is 104 cm³/mol. The summed E-state index contributed by atoms with van der Waals surface area (Å²) in [4.78, 5) is 4.90. The lowest BCUT2D eigenvalue weighted by atomic mass is 10.1. The summed E-state index contributed by atoms with van der Waals surface area (Å²) in [5.74, 6) is 0. The maximum Gasteiger partial charge on any atom is 0.0707 e. The molecule has 6 heteroatoms. The SMILES string of the molecule is COCCN1CC(C)OC(CCC(C)OCCN2C[C@@H](C)O[C@@H](C)C2)C1. The Morgan fingerprint density at radius 3 is 2.12 bits per heavy atom. The first-order valence-corrected chi connectivity index (χ1v) is 10.3. The van der Waals surface area contributed by atoms with Crippen LogP contribution in [0.1, 0.15) is 40.5 Å². The first-order valence-electron chi connectivity index (χ1n) is 10.3. The number of methoxy groups -OCH3 is 1. The van der Waals surface area contributed by atoms with Crippen molar-refractivity contribution in [2.45, 2.75) is 71.1 Å². The summed E-state index contributed by atoms with van der Waals surface area (Å²) >= 11 is 0. The van der Waals surface area contributed by atoms with E-state index in [2.05, 4.69) is 37.5 Å². The van der Waals surface area contributed by atoms with Crippen molar-refractivity contribution in [1.29, 1.82) is 0 Å². The van der Waals surface area contributed by atoms with Crippen LogP contribution in [0, 0.1) is 0 Å². The van der Waals surface area contributed by atoms with Gasteiger partial charge in [0.1, 0.15) is 0 Å². The van der Waals surface area contributed by atoms with Gasteiger partial charge in [0.2, 0.25) is 0 Å². The Bertz CT molecular complexity index is 375. The van der Waals surface area contributed by atoms with E-state index in [4.69, 9.17) is 18.9 Å². The Kier molecular flexibility index (Phi) is 9.81. The van der Waals surface area contributed by atoms with Crippen molar-refractivity contribution in [3.63, 3.8) is 0 Å². The molecule has 2 saturated heterocycles. The van der Waals surface area contributed by atoms with E-state index in [0.29, 0.717) is 24.4 Å². The van der Waals surface area contributed by atoms with Gasteiger partial charge in [-0.1, -0.05) is 0 Å². The molecule has 2 heterocycles. The van der Waals surface area contributed by atoms with Crippen LogP contribution in [-0.2, 0) is 18.9 Å². The fraction of sp³-hybridized carbons (Fsp3) is 1.00. The van der Waals surface area contributed by atoms with Crippen LogP contribution in [0.15, 0.2) is 0 Å². The van der Waals surface area contributed by atoms with Crippen LogP contribution in [0.25, 0.3) is 0 Å². The van der Waals surface area contributed by atoms with Crippen molar-refractivity contribution >= 4 is 0 Å². The minimum Gasteiger partial charge on any atom is -0.383 e. The van der Waals surface area contributed by atoms with Crippen LogP contribution >= 0.6 is 0 Å². The van der Waals surface area contributed by atoms with Crippen molar-refractivity contribution in [2.24, 2.45) is 0 Å². The molecule has 0 aromatic carbocycles. The maximum atomic E-state index is 6.11. The molecule has 0 aliphatic carbocycles. The highest BCUT2D eigenvalue weighted by atomic mass is 16.5. The normalized spacial score (nSPS) is 32.7. The molecule has 3 unspecified atom stereocenters. The zero-order chi connectivity index (χ0) is 18.9. The number of nitrogens with zero attached hydrogens (tertiary/aromatic N) is 2. The van der Waals surface area contributed by atoms with Gasteiger partial charge in [-0.3, -0.25) is 9.80 Å². The van der Waals surface area contributed by atoms with E-state index in [1.54, 1.807) is 7.11 Å². The molecular weight excluding hydrogens is 332 g/mol. The van der Waals surface area contributed by atoms with E-state index in [-0.39, 0.29) is 6.10 Å². The summed E-state index contributed by atoms with van der Waals surface area (Å²) in [5.41, 5.74) is 0. The molecule has 0 N–H and O–H groups in total. The van der Waals surface area contributed by atoms with E-state index in [1.807, 2.05) is 0 Å². The molecule has 26 heavy (non-hydrogen) atoms. The number of hydrogen-bond acceptors (Lipinski definition) is 6. The number of ether oxygens (including phenoxy) is 4. The third kappa shape index (κ3) is 8.19. The number of hydrogen-bond donors (Lipinski definition) is 0. The van der Waals surface area contributed by atoms with Crippen LogP contribution in [0.4, 0.5) is 0 Å². The molecule has 6 nitrogen and oxygen atoms in total. The summed E-state index contributed by atoms with van der Waals surface area (Å²) in [5, 5.41) is 0. The van der Waals surface area contributed by atoms with Gasteiger partial charge in [0.25, 0.3) is 0 Å². The second kappa shape index (κ2) is 11.6. The molecule has 2 aliphatic heterocycles. The Labute approximate surface area is 160 Å². The Morgan fingerprint density at radius 1 is 0.885 bits per heavy atom. The largest absolute Gasteiger partial charge is 0.383 e. The highest BCUT2D eigenvalue weighted by molar-refractivity contribution is 4.77. The van der Waals surface area contributed by atoms with Gasteiger partial charge in [0, 0.05) is 46.4 Å². The van der Waals surface area contributed by atoms with E-state index in [9.17, 15) is 0 Å². The zero-order valence-corrected chi connectivity index (χ0v) is 17.5. The van der Waals surface area contributed by atoms with Gasteiger partial charge in [-0.15, -0.1) is 0 Å². The van der Waals surface area contributed by atoms with Crippen molar-refractivity contribution < 1.29 is 18.9 Å². The summed E-state index contributed by atoms with van der Waals surface area (Å²) in [6.07, 6.45) is 3.63. The highest BCUT2D eigenvalue weighted by Crippen LogP contribution is 2.17. The van der Waals surface area contributed by atoms with Gasteiger partial charge in [0.05, 0.1) is 43.7 Å². The van der Waals surface area contributed by atoms with E-state index in [1.165, 1.54) is 0 Å². The molecule has 2 aliphatic rings. The van der Waals surface area contributed by atoms with Crippen LogP contribution in [-0.4, -0.2) is 99.9 Å². The minimum absolute atomic E-state index is 0.277. The molecule has 0 aromatic rings. The Balaban J connectivity index is 1.59. The predicted octanol–water partition coefficient (Wildman–Crippen LogP) is 2.02. The zero-order valence-electron chi connectivity index (χ0n) is 17.5. The third-order valence-corrected chi connectivity index (χ3v) is 5.21. The quantitative estimate of drug-likeness (QED) is 0.585. The van der Waals surface area contributed by atoms with Crippen LogP contribution < -0.4 is 0 Å². The fourth-order valence-corrected chi connectivity index (χ4v) is 4.06. The van der Waals surface area contributed by atoms with Gasteiger partial charge in [-0.05, 0) is 40.5 Å². The summed E-state index contributed by atoms with van der Waals surface area (Å²) in [6.45, 7) is 16.2. The molecule has 2 rings (SSSR count).